The Bertz CT molecular complexity index is 169. The largest absolute Gasteiger partial charge is 0.480 e. The van der Waals surface area contributed by atoms with Crippen molar-refractivity contribution in [2.45, 2.75) is 13.0 Å². The van der Waals surface area contributed by atoms with Crippen LogP contribution >= 0.6 is 0 Å². The maximum Gasteiger partial charge on any atom is 0.323 e. The maximum atomic E-state index is 10.4. The Morgan fingerprint density at radius 2 is 2.17 bits per heavy atom. The fourth-order valence-corrected chi connectivity index (χ4v) is 0.599. The van der Waals surface area contributed by atoms with Crippen LogP contribution in [0, 0.1) is 0 Å². The summed E-state index contributed by atoms with van der Waals surface area (Å²) in [7, 11) is 1.52. The highest BCUT2D eigenvalue weighted by Gasteiger charge is 2.14. The molecule has 0 rings (SSSR count). The van der Waals surface area contributed by atoms with Gasteiger partial charge in [-0.15, -0.1) is 0 Å². The van der Waals surface area contributed by atoms with Crippen molar-refractivity contribution in [3.63, 3.8) is 0 Å². The summed E-state index contributed by atoms with van der Waals surface area (Å²) in [6.07, 6.45) is 0. The second-order valence-corrected chi connectivity index (χ2v) is 2.40. The van der Waals surface area contributed by atoms with Crippen molar-refractivity contribution >= 4 is 11.8 Å². The molecular formula is C7H13NO4. The van der Waals surface area contributed by atoms with Gasteiger partial charge in [0.05, 0.1) is 6.61 Å². The van der Waals surface area contributed by atoms with Crippen molar-refractivity contribution in [1.29, 1.82) is 0 Å². The molecule has 0 aliphatic heterocycles. The number of carbonyl (C=O) groups is 2. The normalized spacial score (nSPS) is 12.5. The van der Waals surface area contributed by atoms with Crippen molar-refractivity contribution < 1.29 is 19.4 Å². The number of ketones is 1. The van der Waals surface area contributed by atoms with E-state index in [1.165, 1.54) is 14.0 Å². The Morgan fingerprint density at radius 1 is 1.58 bits per heavy atom. The second-order valence-electron chi connectivity index (χ2n) is 2.40. The van der Waals surface area contributed by atoms with Gasteiger partial charge in [-0.2, -0.15) is 0 Å². The van der Waals surface area contributed by atoms with Crippen molar-refractivity contribution in [2.75, 3.05) is 20.3 Å². The van der Waals surface area contributed by atoms with Gasteiger partial charge < -0.3 is 15.2 Å². The minimum atomic E-state index is -0.985. The zero-order chi connectivity index (χ0) is 9.56. The number of aliphatic carboxylic acids is 1. The predicted octanol–water partition coefficient (Wildman–Crippen LogP) is -0.735. The lowest BCUT2D eigenvalue weighted by molar-refractivity contribution is -0.141. The summed E-state index contributed by atoms with van der Waals surface area (Å²) in [5.74, 6) is -1.10. The summed E-state index contributed by atoms with van der Waals surface area (Å²) in [5.41, 5.74) is 0. The van der Waals surface area contributed by atoms with Crippen molar-refractivity contribution in [3.8, 4) is 0 Å². The number of Topliss-reactive ketones (excluding diaryl/α,β-unsaturated/α-hetero) is 1. The van der Waals surface area contributed by atoms with Crippen LogP contribution in [0.3, 0.4) is 0 Å². The number of nitrogens with one attached hydrogen (secondary N) is 1. The van der Waals surface area contributed by atoms with E-state index in [2.05, 4.69) is 5.32 Å². The van der Waals surface area contributed by atoms with E-state index in [4.69, 9.17) is 9.84 Å². The Balaban J connectivity index is 3.59. The van der Waals surface area contributed by atoms with Gasteiger partial charge in [-0.05, 0) is 14.0 Å². The van der Waals surface area contributed by atoms with E-state index < -0.39 is 12.0 Å². The highest BCUT2D eigenvalue weighted by molar-refractivity contribution is 5.77. The van der Waals surface area contributed by atoms with Crippen molar-refractivity contribution in [3.05, 3.63) is 0 Å². The van der Waals surface area contributed by atoms with Gasteiger partial charge in [-0.3, -0.25) is 9.59 Å². The number of hydrogen-bond acceptors (Lipinski definition) is 4. The zero-order valence-corrected chi connectivity index (χ0v) is 7.16. The first kappa shape index (κ1) is 11.1. The van der Waals surface area contributed by atoms with Gasteiger partial charge in [0.25, 0.3) is 0 Å². The molecule has 5 heteroatoms. The first-order chi connectivity index (χ1) is 5.57. The molecule has 0 radical (unpaired) electrons. The van der Waals surface area contributed by atoms with E-state index >= 15 is 0 Å². The molecule has 0 amide bonds. The summed E-state index contributed by atoms with van der Waals surface area (Å²) in [6.45, 7) is 1.35. The van der Waals surface area contributed by atoms with Crippen LogP contribution in [0.2, 0.25) is 0 Å². The fourth-order valence-electron chi connectivity index (χ4n) is 0.599. The van der Waals surface area contributed by atoms with E-state index in [0.717, 1.165) is 0 Å². The van der Waals surface area contributed by atoms with Crippen molar-refractivity contribution in [1.82, 2.24) is 5.32 Å². The SMILES string of the molecule is CNC(COCC(C)=O)C(=O)O. The molecule has 0 heterocycles. The highest BCUT2D eigenvalue weighted by Crippen LogP contribution is 1.85. The molecular weight excluding hydrogens is 162 g/mol. The van der Waals surface area contributed by atoms with Crippen LogP contribution in [0.25, 0.3) is 0 Å². The number of likely N-dealkylation sites (N-methyl/N-ethyl adjacent to an activating group) is 1. The Morgan fingerprint density at radius 3 is 2.50 bits per heavy atom. The molecule has 0 spiro atoms. The zero-order valence-electron chi connectivity index (χ0n) is 7.16. The fraction of sp³-hybridized carbons (Fsp3) is 0.714. The molecule has 0 aliphatic carbocycles. The van der Waals surface area contributed by atoms with Crippen LogP contribution in [-0.2, 0) is 14.3 Å². The molecule has 12 heavy (non-hydrogen) atoms. The molecule has 0 fully saturated rings. The standard InChI is InChI=1S/C7H13NO4/c1-5(9)3-12-4-6(8-2)7(10)11/h6,8H,3-4H2,1-2H3,(H,10,11). The maximum absolute atomic E-state index is 10.4. The average molecular weight is 175 g/mol. The van der Waals surface area contributed by atoms with E-state index in [1.54, 1.807) is 0 Å². The Labute approximate surface area is 70.7 Å². The van der Waals surface area contributed by atoms with Gasteiger partial charge in [0.2, 0.25) is 0 Å². The topological polar surface area (TPSA) is 75.6 Å². The number of ether oxygens (including phenoxy) is 1. The first-order valence-electron chi connectivity index (χ1n) is 3.55. The molecule has 0 bridgehead atoms. The average Bonchev–Trinajstić information content (AvgIpc) is 1.96. The molecule has 0 aromatic carbocycles. The van der Waals surface area contributed by atoms with Crippen LogP contribution in [0.5, 0.6) is 0 Å². The second kappa shape index (κ2) is 5.68. The Hall–Kier alpha value is -0.940. The van der Waals surface area contributed by atoms with Crippen LogP contribution in [0.4, 0.5) is 0 Å². The quantitative estimate of drug-likeness (QED) is 0.556. The third kappa shape index (κ3) is 4.81. The van der Waals surface area contributed by atoms with E-state index in [9.17, 15) is 9.59 Å². The van der Waals surface area contributed by atoms with E-state index in [-0.39, 0.29) is 19.0 Å². The lowest BCUT2D eigenvalue weighted by atomic mass is 10.3. The molecule has 0 saturated carbocycles. The molecule has 0 saturated heterocycles. The third-order valence-electron chi connectivity index (χ3n) is 1.24. The van der Waals surface area contributed by atoms with Gasteiger partial charge in [0.15, 0.2) is 5.78 Å². The van der Waals surface area contributed by atoms with Gasteiger partial charge in [-0.1, -0.05) is 0 Å². The van der Waals surface area contributed by atoms with Crippen LogP contribution in [0.15, 0.2) is 0 Å². The van der Waals surface area contributed by atoms with Crippen LogP contribution in [0.1, 0.15) is 6.92 Å². The monoisotopic (exact) mass is 175 g/mol. The number of hydrogen-bond donors (Lipinski definition) is 2. The van der Waals surface area contributed by atoms with Gasteiger partial charge >= 0.3 is 5.97 Å². The summed E-state index contributed by atoms with van der Waals surface area (Å²) >= 11 is 0. The number of rotatable bonds is 6. The lowest BCUT2D eigenvalue weighted by Gasteiger charge is -2.10. The molecule has 1 atom stereocenters. The third-order valence-corrected chi connectivity index (χ3v) is 1.24. The minimum Gasteiger partial charge on any atom is -0.480 e. The molecule has 0 aliphatic rings. The van der Waals surface area contributed by atoms with Crippen LogP contribution in [-0.4, -0.2) is 43.2 Å². The van der Waals surface area contributed by atoms with Gasteiger partial charge in [-0.25, -0.2) is 0 Å². The predicted molar refractivity (Wildman–Crippen MR) is 42.0 cm³/mol. The number of carboxylic acid groups (broad SMARTS) is 1. The molecule has 2 N–H and O–H groups in total. The summed E-state index contributed by atoms with van der Waals surface area (Å²) in [6, 6.07) is -0.746. The summed E-state index contributed by atoms with van der Waals surface area (Å²) < 4.78 is 4.82. The molecule has 70 valence electrons. The van der Waals surface area contributed by atoms with Crippen LogP contribution < -0.4 is 5.32 Å². The highest BCUT2D eigenvalue weighted by atomic mass is 16.5. The molecule has 0 aromatic heterocycles. The molecule has 5 nitrogen and oxygen atoms in total. The minimum absolute atomic E-state index is 0.00537. The number of carbonyl (C=O) groups excluding carboxylic acids is 1. The van der Waals surface area contributed by atoms with Crippen molar-refractivity contribution in [2.24, 2.45) is 0 Å². The van der Waals surface area contributed by atoms with Gasteiger partial charge in [0.1, 0.15) is 12.6 Å². The first-order valence-corrected chi connectivity index (χ1v) is 3.55. The smallest absolute Gasteiger partial charge is 0.323 e. The van der Waals surface area contributed by atoms with Gasteiger partial charge in [0, 0.05) is 0 Å². The van der Waals surface area contributed by atoms with E-state index in [1.807, 2.05) is 0 Å². The number of carboxylic acids is 1. The lowest BCUT2D eigenvalue weighted by Crippen LogP contribution is -2.38. The summed E-state index contributed by atoms with van der Waals surface area (Å²) in [5, 5.41) is 11.1. The summed E-state index contributed by atoms with van der Waals surface area (Å²) in [4.78, 5) is 20.8. The van der Waals surface area contributed by atoms with E-state index in [0.29, 0.717) is 0 Å². The molecule has 0 aromatic rings. The Kier molecular flexibility index (Phi) is 5.23. The molecule has 1 unspecified atom stereocenters.